The fourth-order valence-corrected chi connectivity index (χ4v) is 1.80. The van der Waals surface area contributed by atoms with Crippen molar-refractivity contribution < 1.29 is 4.74 Å². The molecule has 5 nitrogen and oxygen atoms in total. The van der Waals surface area contributed by atoms with Crippen LogP contribution in [0.1, 0.15) is 27.7 Å². The van der Waals surface area contributed by atoms with E-state index in [2.05, 4.69) is 48.6 Å². The summed E-state index contributed by atoms with van der Waals surface area (Å²) < 4.78 is 5.65. The molecule has 0 aliphatic carbocycles. The van der Waals surface area contributed by atoms with Crippen LogP contribution in [0.15, 0.2) is 35.3 Å². The molecular formula is C17H30N4O. The van der Waals surface area contributed by atoms with Gasteiger partial charge in [-0.25, -0.2) is 0 Å². The van der Waals surface area contributed by atoms with Gasteiger partial charge < -0.3 is 20.7 Å². The third kappa shape index (κ3) is 9.23. The van der Waals surface area contributed by atoms with E-state index in [1.807, 2.05) is 30.3 Å². The molecule has 0 atom stereocenters. The lowest BCUT2D eigenvalue weighted by molar-refractivity contribution is 0.322. The third-order valence-electron chi connectivity index (χ3n) is 2.79. The Kier molecular flexibility index (Phi) is 8.36. The van der Waals surface area contributed by atoms with Gasteiger partial charge in [-0.15, -0.1) is 0 Å². The predicted octanol–water partition coefficient (Wildman–Crippen LogP) is 2.01. The van der Waals surface area contributed by atoms with Gasteiger partial charge in [0.25, 0.3) is 0 Å². The topological polar surface area (TPSA) is 57.7 Å². The summed E-state index contributed by atoms with van der Waals surface area (Å²) in [6.45, 7) is 12.3. The number of nitrogens with zero attached hydrogens (tertiary/aromatic N) is 1. The van der Waals surface area contributed by atoms with E-state index in [9.17, 15) is 0 Å². The van der Waals surface area contributed by atoms with Gasteiger partial charge in [0, 0.05) is 18.6 Å². The molecule has 0 unspecified atom stereocenters. The molecule has 0 saturated carbocycles. The first-order chi connectivity index (χ1) is 10.5. The Balaban J connectivity index is 2.25. The number of ether oxygens (including phenoxy) is 1. The SMILES string of the molecule is CCNC(=NCCNC(C)(C)C)NCCOc1ccccc1. The van der Waals surface area contributed by atoms with Gasteiger partial charge in [-0.05, 0) is 39.8 Å². The van der Waals surface area contributed by atoms with Crippen LogP contribution in [0.2, 0.25) is 0 Å². The van der Waals surface area contributed by atoms with Crippen molar-refractivity contribution in [3.05, 3.63) is 30.3 Å². The van der Waals surface area contributed by atoms with Crippen LogP contribution in [0.3, 0.4) is 0 Å². The summed E-state index contributed by atoms with van der Waals surface area (Å²) >= 11 is 0. The summed E-state index contributed by atoms with van der Waals surface area (Å²) in [6.07, 6.45) is 0. The molecule has 0 heterocycles. The van der Waals surface area contributed by atoms with E-state index in [1.54, 1.807) is 0 Å². The molecular weight excluding hydrogens is 276 g/mol. The van der Waals surface area contributed by atoms with Crippen LogP contribution in [0, 0.1) is 0 Å². The smallest absolute Gasteiger partial charge is 0.191 e. The molecule has 3 N–H and O–H groups in total. The van der Waals surface area contributed by atoms with Crippen molar-refractivity contribution in [1.29, 1.82) is 0 Å². The first-order valence-electron chi connectivity index (χ1n) is 7.96. The second-order valence-electron chi connectivity index (χ2n) is 6.03. The van der Waals surface area contributed by atoms with Crippen molar-refractivity contribution in [2.75, 3.05) is 32.8 Å². The van der Waals surface area contributed by atoms with E-state index in [4.69, 9.17) is 4.74 Å². The minimum atomic E-state index is 0.130. The number of hydrogen-bond donors (Lipinski definition) is 3. The van der Waals surface area contributed by atoms with E-state index in [0.717, 1.165) is 31.3 Å². The average molecular weight is 306 g/mol. The molecule has 1 aromatic rings. The minimum Gasteiger partial charge on any atom is -0.492 e. The van der Waals surface area contributed by atoms with Crippen molar-refractivity contribution in [3.8, 4) is 5.75 Å². The van der Waals surface area contributed by atoms with Gasteiger partial charge in [-0.3, -0.25) is 4.99 Å². The number of benzene rings is 1. The van der Waals surface area contributed by atoms with Crippen LogP contribution in [-0.4, -0.2) is 44.3 Å². The van der Waals surface area contributed by atoms with Crippen LogP contribution >= 0.6 is 0 Å². The highest BCUT2D eigenvalue weighted by molar-refractivity contribution is 5.79. The maximum absolute atomic E-state index is 5.65. The largest absolute Gasteiger partial charge is 0.492 e. The van der Waals surface area contributed by atoms with Gasteiger partial charge in [-0.1, -0.05) is 18.2 Å². The monoisotopic (exact) mass is 306 g/mol. The zero-order valence-corrected chi connectivity index (χ0v) is 14.3. The molecule has 0 aromatic heterocycles. The van der Waals surface area contributed by atoms with Crippen molar-refractivity contribution in [3.63, 3.8) is 0 Å². The number of para-hydroxylation sites is 1. The van der Waals surface area contributed by atoms with Gasteiger partial charge in [0.1, 0.15) is 12.4 Å². The molecule has 0 saturated heterocycles. The fourth-order valence-electron chi connectivity index (χ4n) is 1.80. The van der Waals surface area contributed by atoms with E-state index < -0.39 is 0 Å². The normalized spacial score (nSPS) is 12.1. The Hall–Kier alpha value is -1.75. The molecule has 1 aromatic carbocycles. The highest BCUT2D eigenvalue weighted by Crippen LogP contribution is 2.07. The lowest BCUT2D eigenvalue weighted by Gasteiger charge is -2.20. The van der Waals surface area contributed by atoms with Crippen molar-refractivity contribution in [1.82, 2.24) is 16.0 Å². The number of guanidine groups is 1. The van der Waals surface area contributed by atoms with Gasteiger partial charge in [0.05, 0.1) is 13.1 Å². The molecule has 0 radical (unpaired) electrons. The lowest BCUT2D eigenvalue weighted by atomic mass is 10.1. The molecule has 22 heavy (non-hydrogen) atoms. The Bertz CT molecular complexity index is 426. The minimum absolute atomic E-state index is 0.130. The van der Waals surface area contributed by atoms with E-state index >= 15 is 0 Å². The highest BCUT2D eigenvalue weighted by Gasteiger charge is 2.07. The number of nitrogens with one attached hydrogen (secondary N) is 3. The number of aliphatic imine (C=N–C) groups is 1. The number of rotatable bonds is 8. The van der Waals surface area contributed by atoms with Crippen LogP contribution in [0.25, 0.3) is 0 Å². The summed E-state index contributed by atoms with van der Waals surface area (Å²) in [6, 6.07) is 9.83. The van der Waals surface area contributed by atoms with Crippen LogP contribution in [0.5, 0.6) is 5.75 Å². The predicted molar refractivity (Wildman–Crippen MR) is 93.7 cm³/mol. The maximum Gasteiger partial charge on any atom is 0.191 e. The molecule has 0 fully saturated rings. The molecule has 1 rings (SSSR count). The molecule has 0 spiro atoms. The summed E-state index contributed by atoms with van der Waals surface area (Å²) in [5.74, 6) is 1.72. The Morgan fingerprint density at radius 3 is 2.45 bits per heavy atom. The van der Waals surface area contributed by atoms with Crippen LogP contribution in [-0.2, 0) is 0 Å². The van der Waals surface area contributed by atoms with Gasteiger partial charge in [0.15, 0.2) is 5.96 Å². The van der Waals surface area contributed by atoms with Crippen molar-refractivity contribution in [2.45, 2.75) is 33.2 Å². The van der Waals surface area contributed by atoms with Gasteiger partial charge in [0.2, 0.25) is 0 Å². The van der Waals surface area contributed by atoms with Crippen LogP contribution < -0.4 is 20.7 Å². The first-order valence-corrected chi connectivity index (χ1v) is 7.96. The zero-order chi connectivity index (χ0) is 16.3. The first kappa shape index (κ1) is 18.3. The molecule has 0 amide bonds. The average Bonchev–Trinajstić information content (AvgIpc) is 2.48. The standard InChI is InChI=1S/C17H30N4O/c1-5-18-16(19-11-12-21-17(2,3)4)20-13-14-22-15-9-7-6-8-10-15/h6-10,21H,5,11-14H2,1-4H3,(H2,18,19,20). The van der Waals surface area contributed by atoms with Gasteiger partial charge >= 0.3 is 0 Å². The molecule has 0 bridgehead atoms. The Morgan fingerprint density at radius 2 is 1.82 bits per heavy atom. The summed E-state index contributed by atoms with van der Waals surface area (Å²) in [5.41, 5.74) is 0.130. The van der Waals surface area contributed by atoms with Crippen molar-refractivity contribution >= 4 is 5.96 Å². The summed E-state index contributed by atoms with van der Waals surface area (Å²) in [7, 11) is 0. The van der Waals surface area contributed by atoms with E-state index in [1.165, 1.54) is 0 Å². The van der Waals surface area contributed by atoms with E-state index in [0.29, 0.717) is 13.2 Å². The summed E-state index contributed by atoms with van der Waals surface area (Å²) in [5, 5.41) is 9.93. The Labute approximate surface area is 134 Å². The quantitative estimate of drug-likeness (QED) is 0.391. The second-order valence-corrected chi connectivity index (χ2v) is 6.03. The van der Waals surface area contributed by atoms with Crippen LogP contribution in [0.4, 0.5) is 0 Å². The maximum atomic E-state index is 5.65. The molecule has 0 aliphatic heterocycles. The zero-order valence-electron chi connectivity index (χ0n) is 14.3. The third-order valence-corrected chi connectivity index (χ3v) is 2.79. The van der Waals surface area contributed by atoms with Crippen molar-refractivity contribution in [2.24, 2.45) is 4.99 Å². The summed E-state index contributed by atoms with van der Waals surface area (Å²) in [4.78, 5) is 4.54. The lowest BCUT2D eigenvalue weighted by Crippen LogP contribution is -2.41. The second kappa shape index (κ2) is 10.1. The molecule has 0 aliphatic rings. The van der Waals surface area contributed by atoms with Gasteiger partial charge in [-0.2, -0.15) is 0 Å². The molecule has 5 heteroatoms. The molecule has 124 valence electrons. The Morgan fingerprint density at radius 1 is 1.09 bits per heavy atom. The fraction of sp³-hybridized carbons (Fsp3) is 0.588. The van der Waals surface area contributed by atoms with E-state index in [-0.39, 0.29) is 5.54 Å². The number of hydrogen-bond acceptors (Lipinski definition) is 3. The highest BCUT2D eigenvalue weighted by atomic mass is 16.5.